The second-order valence-electron chi connectivity index (χ2n) is 6.16. The number of hydrogen-bond acceptors (Lipinski definition) is 4. The fraction of sp³-hybridized carbons (Fsp3) is 0.296. The van der Waals surface area contributed by atoms with E-state index in [0.717, 1.165) is 38.8 Å². The lowest BCUT2D eigenvalue weighted by Crippen LogP contribution is -2.20. The molecule has 0 spiro atoms. The van der Waals surface area contributed by atoms with E-state index in [1.165, 1.54) is 0 Å². The zero-order valence-corrected chi connectivity index (χ0v) is 19.6. The van der Waals surface area contributed by atoms with Crippen LogP contribution in [0.3, 0.4) is 0 Å². The molecule has 0 amide bonds. The summed E-state index contributed by atoms with van der Waals surface area (Å²) in [6.45, 7) is 16.4. The van der Waals surface area contributed by atoms with Gasteiger partial charge in [0.25, 0.3) is 0 Å². The maximum absolute atomic E-state index is 8.84. The maximum atomic E-state index is 8.84. The Balaban J connectivity index is 0.00000113. The third kappa shape index (κ3) is 7.26. The van der Waals surface area contributed by atoms with Crippen LogP contribution in [-0.4, -0.2) is 23.3 Å². The molecule has 1 N–H and O–H groups in total. The smallest absolute Gasteiger partial charge is 0.142 e. The Kier molecular flexibility index (Phi) is 11.7. The lowest BCUT2D eigenvalue weighted by atomic mass is 10.1. The molecule has 3 aromatic rings. The van der Waals surface area contributed by atoms with Crippen molar-refractivity contribution in [3.63, 3.8) is 0 Å². The van der Waals surface area contributed by atoms with E-state index in [1.54, 1.807) is 0 Å². The fourth-order valence-electron chi connectivity index (χ4n) is 2.77. The van der Waals surface area contributed by atoms with Crippen LogP contribution >= 0.6 is 0 Å². The van der Waals surface area contributed by atoms with Gasteiger partial charge in [0.15, 0.2) is 0 Å². The van der Waals surface area contributed by atoms with Gasteiger partial charge >= 0.3 is 0 Å². The Labute approximate surface area is 186 Å². The molecule has 1 aromatic carbocycles. The predicted molar refractivity (Wildman–Crippen MR) is 130 cm³/mol. The van der Waals surface area contributed by atoms with Crippen LogP contribution in [0.15, 0.2) is 65.2 Å². The molecule has 0 aliphatic carbocycles. The number of aliphatic hydroxyl groups is 1. The van der Waals surface area contributed by atoms with Gasteiger partial charge < -0.3 is 14.3 Å². The van der Waals surface area contributed by atoms with Gasteiger partial charge in [0, 0.05) is 33.8 Å². The zero-order chi connectivity index (χ0) is 23.2. The van der Waals surface area contributed by atoms with Gasteiger partial charge in [0.05, 0.1) is 6.61 Å². The number of aryl methyl sites for hydroxylation is 1. The molecule has 31 heavy (non-hydrogen) atoms. The minimum Gasteiger partial charge on any atom is -0.491 e. The van der Waals surface area contributed by atoms with Crippen LogP contribution in [0.4, 0.5) is 0 Å². The summed E-state index contributed by atoms with van der Waals surface area (Å²) in [4.78, 5) is 4.39. The topological polar surface area (TPSA) is 55.5 Å². The summed E-state index contributed by atoms with van der Waals surface area (Å²) in [7, 11) is 0. The fourth-order valence-corrected chi connectivity index (χ4v) is 2.77. The van der Waals surface area contributed by atoms with Crippen molar-refractivity contribution in [3.05, 3.63) is 82.7 Å². The van der Waals surface area contributed by atoms with Crippen LogP contribution in [0.2, 0.25) is 0 Å². The first-order valence-corrected chi connectivity index (χ1v) is 10.9. The molecule has 0 atom stereocenters. The number of rotatable bonds is 6. The number of furan rings is 1. The Morgan fingerprint density at radius 3 is 2.32 bits per heavy atom. The van der Waals surface area contributed by atoms with E-state index in [-0.39, 0.29) is 13.2 Å². The van der Waals surface area contributed by atoms with E-state index in [2.05, 4.69) is 11.6 Å². The summed E-state index contributed by atoms with van der Waals surface area (Å²) < 4.78 is 11.6. The first-order chi connectivity index (χ1) is 15.1. The van der Waals surface area contributed by atoms with Gasteiger partial charge in [0.1, 0.15) is 23.5 Å². The van der Waals surface area contributed by atoms with Crippen LogP contribution in [0.1, 0.15) is 45.9 Å². The average Bonchev–Trinajstić information content (AvgIpc) is 3.21. The van der Waals surface area contributed by atoms with Gasteiger partial charge in [-0.3, -0.25) is 4.98 Å². The van der Waals surface area contributed by atoms with Gasteiger partial charge in [-0.25, -0.2) is 0 Å². The van der Waals surface area contributed by atoms with Crippen molar-refractivity contribution in [3.8, 4) is 17.1 Å². The Morgan fingerprint density at radius 1 is 1.10 bits per heavy atom. The lowest BCUT2D eigenvalue weighted by Gasteiger charge is -2.04. The number of nitrogens with zero attached hydrogens (tertiary/aromatic N) is 1. The normalized spacial score (nSPS) is 11.2. The quantitative estimate of drug-likeness (QED) is 0.590. The standard InChI is InChI=1S/C23H23NO3.2C2H6/c1-4-5-21(19-7-6-17(3)24-15-19)23-16(2)14-22(27-23)18-8-10-20(11-9-18)26-13-12-25;2*1-2/h4-11,14-15,25H,2,12-13H2,1,3H3;2*1-2H3/b5-4-,23-21-;;. The molecule has 0 bridgehead atoms. The Morgan fingerprint density at radius 2 is 1.77 bits per heavy atom. The molecule has 4 heteroatoms. The van der Waals surface area contributed by atoms with E-state index in [0.29, 0.717) is 5.75 Å². The van der Waals surface area contributed by atoms with Crippen LogP contribution in [-0.2, 0) is 0 Å². The summed E-state index contributed by atoms with van der Waals surface area (Å²) >= 11 is 0. The first-order valence-electron chi connectivity index (χ1n) is 10.9. The van der Waals surface area contributed by atoms with Crippen LogP contribution in [0, 0.1) is 6.92 Å². The number of pyridine rings is 1. The highest BCUT2D eigenvalue weighted by Crippen LogP contribution is 2.21. The summed E-state index contributed by atoms with van der Waals surface area (Å²) in [6, 6.07) is 13.5. The minimum atomic E-state index is -0.00835. The average molecular weight is 422 g/mol. The molecule has 166 valence electrons. The van der Waals surface area contributed by atoms with Gasteiger partial charge in [0.2, 0.25) is 0 Å². The van der Waals surface area contributed by atoms with Crippen molar-refractivity contribution >= 4 is 12.2 Å². The number of ether oxygens (including phenoxy) is 1. The molecule has 0 unspecified atom stereocenters. The second kappa shape index (κ2) is 14.0. The Bertz CT molecular complexity index is 1030. The molecule has 0 aliphatic rings. The van der Waals surface area contributed by atoms with Crippen molar-refractivity contribution in [1.29, 1.82) is 0 Å². The second-order valence-corrected chi connectivity index (χ2v) is 6.16. The Hall–Kier alpha value is -3.11. The lowest BCUT2D eigenvalue weighted by molar-refractivity contribution is 0.201. The number of allylic oxidation sites excluding steroid dienone is 2. The zero-order valence-electron chi connectivity index (χ0n) is 19.6. The van der Waals surface area contributed by atoms with Gasteiger partial charge in [-0.15, -0.1) is 0 Å². The van der Waals surface area contributed by atoms with Gasteiger partial charge in [-0.05, 0) is 50.2 Å². The predicted octanol–water partition coefficient (Wildman–Crippen LogP) is 5.26. The van der Waals surface area contributed by atoms with Crippen LogP contribution in [0.5, 0.6) is 5.75 Å². The molecule has 0 radical (unpaired) electrons. The summed E-state index contributed by atoms with van der Waals surface area (Å²) in [5.74, 6) is 1.45. The summed E-state index contributed by atoms with van der Waals surface area (Å²) in [5.41, 5.74) is 4.57. The van der Waals surface area contributed by atoms with Crippen LogP contribution in [0.25, 0.3) is 23.5 Å². The van der Waals surface area contributed by atoms with E-state index in [1.807, 2.05) is 102 Å². The highest BCUT2D eigenvalue weighted by atomic mass is 16.5. The molecule has 2 aromatic heterocycles. The minimum absolute atomic E-state index is 0.00835. The highest BCUT2D eigenvalue weighted by Gasteiger charge is 2.08. The van der Waals surface area contributed by atoms with Crippen molar-refractivity contribution in [2.24, 2.45) is 0 Å². The van der Waals surface area contributed by atoms with E-state index >= 15 is 0 Å². The molecule has 0 saturated carbocycles. The molecule has 3 rings (SSSR count). The molecule has 4 nitrogen and oxygen atoms in total. The number of benzene rings is 1. The third-order valence-corrected chi connectivity index (χ3v) is 4.11. The van der Waals surface area contributed by atoms with E-state index in [4.69, 9.17) is 14.3 Å². The molecule has 0 saturated heterocycles. The van der Waals surface area contributed by atoms with Crippen LogP contribution < -0.4 is 15.4 Å². The largest absolute Gasteiger partial charge is 0.491 e. The van der Waals surface area contributed by atoms with Gasteiger partial charge in [-0.2, -0.15) is 0 Å². The molecule has 0 fully saturated rings. The summed E-state index contributed by atoms with van der Waals surface area (Å²) in [5, 5.41) is 9.66. The number of aromatic nitrogens is 1. The molecule has 2 heterocycles. The monoisotopic (exact) mass is 421 g/mol. The highest BCUT2D eigenvalue weighted by molar-refractivity contribution is 5.73. The molecular weight excluding hydrogens is 386 g/mol. The van der Waals surface area contributed by atoms with Gasteiger partial charge in [-0.1, -0.05) is 52.5 Å². The van der Waals surface area contributed by atoms with E-state index in [9.17, 15) is 0 Å². The molecule has 0 aliphatic heterocycles. The first kappa shape index (κ1) is 25.9. The third-order valence-electron chi connectivity index (χ3n) is 4.11. The SMILES string of the molecule is C=c1cc(-c2ccc(OCCO)cc2)o/c1=C(/C=C\C)c1ccc(C)nc1.CC.CC. The maximum Gasteiger partial charge on any atom is 0.142 e. The summed E-state index contributed by atoms with van der Waals surface area (Å²) in [6.07, 6.45) is 5.83. The number of aliphatic hydroxyl groups excluding tert-OH is 1. The molecular formula is C27H35NO3. The van der Waals surface area contributed by atoms with Crippen molar-refractivity contribution in [2.45, 2.75) is 41.5 Å². The van der Waals surface area contributed by atoms with Crippen molar-refractivity contribution in [2.75, 3.05) is 13.2 Å². The van der Waals surface area contributed by atoms with Crippen molar-refractivity contribution in [1.82, 2.24) is 4.98 Å². The number of hydrogen-bond donors (Lipinski definition) is 1. The van der Waals surface area contributed by atoms with Crippen molar-refractivity contribution < 1.29 is 14.3 Å². The van der Waals surface area contributed by atoms with E-state index < -0.39 is 0 Å².